The minimum atomic E-state index is 0.369. The molecular formula is C16H19NO. The first-order valence-corrected chi connectivity index (χ1v) is 6.35. The minimum absolute atomic E-state index is 0.369. The van der Waals surface area contributed by atoms with Gasteiger partial charge in [-0.3, -0.25) is 0 Å². The molecule has 18 heavy (non-hydrogen) atoms. The Kier molecular flexibility index (Phi) is 3.88. The number of hydrogen-bond donors (Lipinski definition) is 2. The molecule has 0 aromatic heterocycles. The van der Waals surface area contributed by atoms with Crippen molar-refractivity contribution in [2.45, 2.75) is 26.7 Å². The van der Waals surface area contributed by atoms with Crippen LogP contribution in [0.1, 0.15) is 24.5 Å². The Labute approximate surface area is 108 Å². The Morgan fingerprint density at radius 2 is 1.78 bits per heavy atom. The smallest absolute Gasteiger partial charge is 0.120 e. The third kappa shape index (κ3) is 2.83. The maximum absolute atomic E-state index is 9.90. The molecular weight excluding hydrogens is 222 g/mol. The molecule has 2 aromatic carbocycles. The van der Waals surface area contributed by atoms with Crippen molar-refractivity contribution in [2.75, 3.05) is 5.32 Å². The number of aryl methyl sites for hydroxylation is 1. The number of anilines is 2. The van der Waals surface area contributed by atoms with E-state index in [4.69, 9.17) is 0 Å². The van der Waals surface area contributed by atoms with Crippen molar-refractivity contribution in [3.63, 3.8) is 0 Å². The highest BCUT2D eigenvalue weighted by Crippen LogP contribution is 2.29. The number of hydrogen-bond acceptors (Lipinski definition) is 2. The zero-order valence-corrected chi connectivity index (χ0v) is 10.9. The van der Waals surface area contributed by atoms with Gasteiger partial charge in [0.1, 0.15) is 5.75 Å². The summed E-state index contributed by atoms with van der Waals surface area (Å²) in [6.07, 6.45) is 1.89. The fraction of sp³-hybridized carbons (Fsp3) is 0.250. The van der Waals surface area contributed by atoms with Crippen LogP contribution in [0.3, 0.4) is 0 Å². The second kappa shape index (κ2) is 5.58. The normalized spacial score (nSPS) is 10.3. The van der Waals surface area contributed by atoms with Gasteiger partial charge >= 0.3 is 0 Å². The summed E-state index contributed by atoms with van der Waals surface area (Å²) in [5.74, 6) is 0.369. The van der Waals surface area contributed by atoms with Gasteiger partial charge in [0.15, 0.2) is 0 Å². The molecule has 0 unspecified atom stereocenters. The Bertz CT molecular complexity index is 517. The van der Waals surface area contributed by atoms with Crippen molar-refractivity contribution in [2.24, 2.45) is 0 Å². The Morgan fingerprint density at radius 1 is 1.06 bits per heavy atom. The van der Waals surface area contributed by atoms with E-state index in [2.05, 4.69) is 43.4 Å². The van der Waals surface area contributed by atoms with Gasteiger partial charge in [0.2, 0.25) is 0 Å². The van der Waals surface area contributed by atoms with E-state index in [0.29, 0.717) is 5.75 Å². The summed E-state index contributed by atoms with van der Waals surface area (Å²) in [6, 6.07) is 13.9. The van der Waals surface area contributed by atoms with Gasteiger partial charge < -0.3 is 10.4 Å². The molecule has 0 aliphatic rings. The highest BCUT2D eigenvalue weighted by molar-refractivity contribution is 5.66. The lowest BCUT2D eigenvalue weighted by Crippen LogP contribution is -1.96. The van der Waals surface area contributed by atoms with Gasteiger partial charge in [0, 0.05) is 16.9 Å². The molecule has 2 N–H and O–H groups in total. The molecule has 0 spiro atoms. The summed E-state index contributed by atoms with van der Waals surface area (Å²) in [6.45, 7) is 4.18. The van der Waals surface area contributed by atoms with E-state index in [0.717, 1.165) is 29.8 Å². The summed E-state index contributed by atoms with van der Waals surface area (Å²) in [5, 5.41) is 13.3. The number of aromatic hydroxyl groups is 1. The third-order valence-electron chi connectivity index (χ3n) is 2.98. The van der Waals surface area contributed by atoms with E-state index in [1.807, 2.05) is 12.1 Å². The van der Waals surface area contributed by atoms with E-state index in [9.17, 15) is 5.11 Å². The molecule has 2 aromatic rings. The van der Waals surface area contributed by atoms with E-state index in [1.165, 1.54) is 5.56 Å². The van der Waals surface area contributed by atoms with Crippen LogP contribution in [0.5, 0.6) is 5.75 Å². The van der Waals surface area contributed by atoms with Gasteiger partial charge in [0.05, 0.1) is 0 Å². The summed E-state index contributed by atoms with van der Waals surface area (Å²) in [7, 11) is 0. The van der Waals surface area contributed by atoms with Gasteiger partial charge in [-0.1, -0.05) is 37.1 Å². The van der Waals surface area contributed by atoms with E-state index < -0.39 is 0 Å². The largest absolute Gasteiger partial charge is 0.508 e. The van der Waals surface area contributed by atoms with Gasteiger partial charge in [-0.15, -0.1) is 0 Å². The molecule has 0 saturated heterocycles. The molecule has 0 amide bonds. The Morgan fingerprint density at radius 3 is 2.44 bits per heavy atom. The monoisotopic (exact) mass is 241 g/mol. The predicted octanol–water partition coefficient (Wildman–Crippen LogP) is 4.40. The summed E-state index contributed by atoms with van der Waals surface area (Å²) in [4.78, 5) is 0. The van der Waals surface area contributed by atoms with Gasteiger partial charge in [-0.05, 0) is 37.6 Å². The summed E-state index contributed by atoms with van der Waals surface area (Å²) >= 11 is 0. The number of rotatable bonds is 4. The van der Waals surface area contributed by atoms with Crippen LogP contribution in [-0.4, -0.2) is 5.11 Å². The molecule has 0 atom stereocenters. The van der Waals surface area contributed by atoms with Gasteiger partial charge in [-0.2, -0.15) is 0 Å². The molecule has 0 saturated carbocycles. The summed E-state index contributed by atoms with van der Waals surface area (Å²) < 4.78 is 0. The lowest BCUT2D eigenvalue weighted by atomic mass is 10.1. The maximum atomic E-state index is 9.90. The van der Waals surface area contributed by atoms with Crippen molar-refractivity contribution in [1.82, 2.24) is 0 Å². The molecule has 0 radical (unpaired) electrons. The van der Waals surface area contributed by atoms with E-state index in [-0.39, 0.29) is 0 Å². The van der Waals surface area contributed by atoms with E-state index in [1.54, 1.807) is 6.07 Å². The highest BCUT2D eigenvalue weighted by atomic mass is 16.3. The third-order valence-corrected chi connectivity index (χ3v) is 2.98. The second-order valence-corrected chi connectivity index (χ2v) is 4.54. The molecule has 2 nitrogen and oxygen atoms in total. The van der Waals surface area contributed by atoms with Crippen LogP contribution in [0, 0.1) is 6.92 Å². The standard InChI is InChI=1S/C16H19NO/c1-3-5-14-15(6-4-7-16(14)18)17-13-10-8-12(2)9-11-13/h4,6-11,17-18H,3,5H2,1-2H3. The molecule has 0 fully saturated rings. The average molecular weight is 241 g/mol. The molecule has 94 valence electrons. The van der Waals surface area contributed by atoms with Gasteiger partial charge in [-0.25, -0.2) is 0 Å². The van der Waals surface area contributed by atoms with Crippen molar-refractivity contribution in [3.05, 3.63) is 53.6 Å². The number of phenolic OH excluding ortho intramolecular Hbond substituents is 1. The number of benzene rings is 2. The molecule has 0 aliphatic carbocycles. The first-order chi connectivity index (χ1) is 8.70. The van der Waals surface area contributed by atoms with Crippen LogP contribution < -0.4 is 5.32 Å². The maximum Gasteiger partial charge on any atom is 0.120 e. The van der Waals surface area contributed by atoms with Crippen LogP contribution in [0.25, 0.3) is 0 Å². The zero-order chi connectivity index (χ0) is 13.0. The lowest BCUT2D eigenvalue weighted by molar-refractivity contribution is 0.468. The SMILES string of the molecule is CCCc1c(O)cccc1Nc1ccc(C)cc1. The zero-order valence-electron chi connectivity index (χ0n) is 10.9. The predicted molar refractivity (Wildman–Crippen MR) is 76.6 cm³/mol. The first kappa shape index (κ1) is 12.5. The Balaban J connectivity index is 2.28. The molecule has 0 aliphatic heterocycles. The van der Waals surface area contributed by atoms with Crippen LogP contribution in [0.4, 0.5) is 11.4 Å². The van der Waals surface area contributed by atoms with Gasteiger partial charge in [0.25, 0.3) is 0 Å². The summed E-state index contributed by atoms with van der Waals surface area (Å²) in [5.41, 5.74) is 4.26. The quantitative estimate of drug-likeness (QED) is 0.831. The fourth-order valence-corrected chi connectivity index (χ4v) is 2.00. The minimum Gasteiger partial charge on any atom is -0.508 e. The number of phenols is 1. The van der Waals surface area contributed by atoms with Crippen molar-refractivity contribution in [1.29, 1.82) is 0 Å². The van der Waals surface area contributed by atoms with Crippen molar-refractivity contribution >= 4 is 11.4 Å². The van der Waals surface area contributed by atoms with Crippen LogP contribution in [-0.2, 0) is 6.42 Å². The molecule has 2 heteroatoms. The highest BCUT2D eigenvalue weighted by Gasteiger charge is 2.06. The molecule has 0 heterocycles. The first-order valence-electron chi connectivity index (χ1n) is 6.35. The molecule has 2 rings (SSSR count). The Hall–Kier alpha value is -1.96. The van der Waals surface area contributed by atoms with Crippen molar-refractivity contribution < 1.29 is 5.11 Å². The van der Waals surface area contributed by atoms with Crippen molar-refractivity contribution in [3.8, 4) is 5.75 Å². The average Bonchev–Trinajstić information content (AvgIpc) is 2.36. The fourth-order valence-electron chi connectivity index (χ4n) is 2.00. The topological polar surface area (TPSA) is 32.3 Å². The second-order valence-electron chi connectivity index (χ2n) is 4.54. The molecule has 0 bridgehead atoms. The number of nitrogens with one attached hydrogen (secondary N) is 1. The van der Waals surface area contributed by atoms with Crippen LogP contribution in [0.2, 0.25) is 0 Å². The van der Waals surface area contributed by atoms with E-state index >= 15 is 0 Å². The van der Waals surface area contributed by atoms with Crippen LogP contribution >= 0.6 is 0 Å². The lowest BCUT2D eigenvalue weighted by Gasteiger charge is -2.13. The van der Waals surface area contributed by atoms with Crippen LogP contribution in [0.15, 0.2) is 42.5 Å².